The van der Waals surface area contributed by atoms with Crippen molar-refractivity contribution >= 4 is 31.5 Å². The highest BCUT2D eigenvalue weighted by Gasteiger charge is 2.21. The lowest BCUT2D eigenvalue weighted by Crippen LogP contribution is -2.40. The van der Waals surface area contributed by atoms with Crippen LogP contribution < -0.4 is 10.2 Å². The standard InChI is InChI=1S/C12H17BrN2O2S/c1-14-9-10-2-3-11(8-12(10)13)15-4-6-18(16,17)7-5-15/h2-3,8,14H,4-7,9H2,1H3. The fraction of sp³-hybridized carbons (Fsp3) is 0.500. The zero-order chi connectivity index (χ0) is 13.2. The molecule has 18 heavy (non-hydrogen) atoms. The lowest BCUT2D eigenvalue weighted by atomic mass is 10.2. The Morgan fingerprint density at radius 1 is 1.33 bits per heavy atom. The van der Waals surface area contributed by atoms with Gasteiger partial charge >= 0.3 is 0 Å². The summed E-state index contributed by atoms with van der Waals surface area (Å²) in [5.74, 6) is 0.506. The molecule has 0 saturated carbocycles. The normalized spacial score (nSPS) is 18.9. The minimum absolute atomic E-state index is 0.253. The van der Waals surface area contributed by atoms with Gasteiger partial charge in [0.1, 0.15) is 0 Å². The van der Waals surface area contributed by atoms with E-state index in [1.54, 1.807) is 0 Å². The van der Waals surface area contributed by atoms with Crippen LogP contribution in [0.3, 0.4) is 0 Å². The van der Waals surface area contributed by atoms with Crippen molar-refractivity contribution in [3.63, 3.8) is 0 Å². The Kier molecular flexibility index (Phi) is 4.29. The quantitative estimate of drug-likeness (QED) is 0.909. The third kappa shape index (κ3) is 3.24. The van der Waals surface area contributed by atoms with Gasteiger partial charge in [-0.25, -0.2) is 8.42 Å². The SMILES string of the molecule is CNCc1ccc(N2CCS(=O)(=O)CC2)cc1Br. The molecule has 0 radical (unpaired) electrons. The first kappa shape index (κ1) is 13.8. The van der Waals surface area contributed by atoms with E-state index in [9.17, 15) is 8.42 Å². The number of rotatable bonds is 3. The van der Waals surface area contributed by atoms with E-state index in [-0.39, 0.29) is 11.5 Å². The maximum Gasteiger partial charge on any atom is 0.153 e. The van der Waals surface area contributed by atoms with Crippen LogP contribution in [-0.4, -0.2) is 40.1 Å². The first-order chi connectivity index (χ1) is 8.52. The van der Waals surface area contributed by atoms with Gasteiger partial charge in [-0.05, 0) is 24.7 Å². The van der Waals surface area contributed by atoms with Crippen LogP contribution in [0, 0.1) is 0 Å². The number of nitrogens with zero attached hydrogens (tertiary/aromatic N) is 1. The molecule has 6 heteroatoms. The summed E-state index contributed by atoms with van der Waals surface area (Å²) in [5.41, 5.74) is 2.28. The van der Waals surface area contributed by atoms with Crippen molar-refractivity contribution in [3.8, 4) is 0 Å². The van der Waals surface area contributed by atoms with Gasteiger partial charge in [0, 0.05) is 29.8 Å². The lowest BCUT2D eigenvalue weighted by molar-refractivity contribution is 0.587. The average Bonchev–Trinajstić information content (AvgIpc) is 2.32. The van der Waals surface area contributed by atoms with E-state index in [1.807, 2.05) is 7.05 Å². The number of hydrogen-bond acceptors (Lipinski definition) is 4. The Bertz CT molecular complexity index is 517. The van der Waals surface area contributed by atoms with Crippen LogP contribution >= 0.6 is 15.9 Å². The second-order valence-corrected chi connectivity index (χ2v) is 7.60. The maximum atomic E-state index is 11.4. The summed E-state index contributed by atoms with van der Waals surface area (Å²) < 4.78 is 23.8. The molecule has 1 heterocycles. The predicted molar refractivity (Wildman–Crippen MR) is 77.8 cm³/mol. The fourth-order valence-electron chi connectivity index (χ4n) is 2.04. The number of benzene rings is 1. The van der Waals surface area contributed by atoms with E-state index in [2.05, 4.69) is 44.3 Å². The van der Waals surface area contributed by atoms with Gasteiger partial charge < -0.3 is 10.2 Å². The Hall–Kier alpha value is -0.590. The van der Waals surface area contributed by atoms with Crippen molar-refractivity contribution in [2.24, 2.45) is 0 Å². The molecule has 1 N–H and O–H groups in total. The van der Waals surface area contributed by atoms with Gasteiger partial charge in [0.2, 0.25) is 0 Å². The number of halogens is 1. The number of anilines is 1. The van der Waals surface area contributed by atoms with Gasteiger partial charge in [0.15, 0.2) is 9.84 Å². The zero-order valence-corrected chi connectivity index (χ0v) is 12.7. The first-order valence-electron chi connectivity index (χ1n) is 5.90. The average molecular weight is 333 g/mol. The Morgan fingerprint density at radius 3 is 2.56 bits per heavy atom. The Balaban J connectivity index is 2.13. The molecule has 1 aromatic carbocycles. The van der Waals surface area contributed by atoms with Gasteiger partial charge in [-0.3, -0.25) is 0 Å². The molecular weight excluding hydrogens is 316 g/mol. The van der Waals surface area contributed by atoms with E-state index in [1.165, 1.54) is 5.56 Å². The van der Waals surface area contributed by atoms with Crippen molar-refractivity contribution in [2.75, 3.05) is 36.5 Å². The third-order valence-corrected chi connectivity index (χ3v) is 5.46. The Labute approximate surface area is 116 Å². The van der Waals surface area contributed by atoms with Crippen molar-refractivity contribution in [1.82, 2.24) is 5.32 Å². The summed E-state index contributed by atoms with van der Waals surface area (Å²) in [6.45, 7) is 1.98. The summed E-state index contributed by atoms with van der Waals surface area (Å²) in [6.07, 6.45) is 0. The molecule has 4 nitrogen and oxygen atoms in total. The molecule has 1 saturated heterocycles. The van der Waals surface area contributed by atoms with E-state index in [0.29, 0.717) is 13.1 Å². The van der Waals surface area contributed by atoms with Crippen molar-refractivity contribution in [3.05, 3.63) is 28.2 Å². The molecule has 2 rings (SSSR count). The second kappa shape index (κ2) is 5.59. The lowest BCUT2D eigenvalue weighted by Gasteiger charge is -2.29. The second-order valence-electron chi connectivity index (χ2n) is 4.44. The predicted octanol–water partition coefficient (Wildman–Crippen LogP) is 1.40. The fourth-order valence-corrected chi connectivity index (χ4v) is 3.75. The first-order valence-corrected chi connectivity index (χ1v) is 8.52. The highest BCUT2D eigenvalue weighted by molar-refractivity contribution is 9.10. The largest absolute Gasteiger partial charge is 0.369 e. The number of nitrogens with one attached hydrogen (secondary N) is 1. The van der Waals surface area contributed by atoms with Crippen LogP contribution in [0.15, 0.2) is 22.7 Å². The summed E-state index contributed by atoms with van der Waals surface area (Å²) in [5, 5.41) is 3.11. The smallest absolute Gasteiger partial charge is 0.153 e. The monoisotopic (exact) mass is 332 g/mol. The van der Waals surface area contributed by atoms with Crippen LogP contribution in [0.25, 0.3) is 0 Å². The molecule has 0 bridgehead atoms. The molecule has 1 aliphatic rings. The third-order valence-electron chi connectivity index (χ3n) is 3.11. The summed E-state index contributed by atoms with van der Waals surface area (Å²) in [7, 11) is -0.901. The molecule has 0 unspecified atom stereocenters. The molecule has 0 aliphatic carbocycles. The number of hydrogen-bond donors (Lipinski definition) is 1. The molecule has 0 spiro atoms. The van der Waals surface area contributed by atoms with Gasteiger partial charge in [-0.1, -0.05) is 22.0 Å². The topological polar surface area (TPSA) is 49.4 Å². The molecular formula is C12H17BrN2O2S. The summed E-state index contributed by atoms with van der Waals surface area (Å²) in [6, 6.07) is 6.18. The molecule has 1 aliphatic heterocycles. The molecule has 0 amide bonds. The van der Waals surface area contributed by atoms with E-state index in [4.69, 9.17) is 0 Å². The molecule has 1 fully saturated rings. The molecule has 1 aromatic rings. The number of sulfone groups is 1. The highest BCUT2D eigenvalue weighted by Crippen LogP contribution is 2.25. The van der Waals surface area contributed by atoms with Gasteiger partial charge in [0.05, 0.1) is 11.5 Å². The van der Waals surface area contributed by atoms with Crippen LogP contribution in [0.1, 0.15) is 5.56 Å². The summed E-state index contributed by atoms with van der Waals surface area (Å²) in [4.78, 5) is 2.12. The van der Waals surface area contributed by atoms with Crippen LogP contribution in [-0.2, 0) is 16.4 Å². The van der Waals surface area contributed by atoms with Crippen LogP contribution in [0.2, 0.25) is 0 Å². The van der Waals surface area contributed by atoms with Gasteiger partial charge in [-0.2, -0.15) is 0 Å². The maximum absolute atomic E-state index is 11.4. The van der Waals surface area contributed by atoms with Crippen molar-refractivity contribution in [2.45, 2.75) is 6.54 Å². The molecule has 0 aromatic heterocycles. The van der Waals surface area contributed by atoms with E-state index < -0.39 is 9.84 Å². The minimum Gasteiger partial charge on any atom is -0.369 e. The van der Waals surface area contributed by atoms with Crippen LogP contribution in [0.4, 0.5) is 5.69 Å². The van der Waals surface area contributed by atoms with Gasteiger partial charge in [-0.15, -0.1) is 0 Å². The highest BCUT2D eigenvalue weighted by atomic mass is 79.9. The van der Waals surface area contributed by atoms with E-state index in [0.717, 1.165) is 16.7 Å². The van der Waals surface area contributed by atoms with Crippen molar-refractivity contribution < 1.29 is 8.42 Å². The minimum atomic E-state index is -2.81. The molecule has 100 valence electrons. The van der Waals surface area contributed by atoms with Crippen molar-refractivity contribution in [1.29, 1.82) is 0 Å². The van der Waals surface area contributed by atoms with E-state index >= 15 is 0 Å². The molecule has 0 atom stereocenters. The van der Waals surface area contributed by atoms with Crippen LogP contribution in [0.5, 0.6) is 0 Å². The zero-order valence-electron chi connectivity index (χ0n) is 10.3. The summed E-state index contributed by atoms with van der Waals surface area (Å²) >= 11 is 3.55. The van der Waals surface area contributed by atoms with Gasteiger partial charge in [0.25, 0.3) is 0 Å². The Morgan fingerprint density at radius 2 is 2.00 bits per heavy atom.